The number of aryl methyl sites for hydroxylation is 2. The van der Waals surface area contributed by atoms with Crippen LogP contribution in [0.4, 0.5) is 0 Å². The van der Waals surface area contributed by atoms with Gasteiger partial charge in [0, 0.05) is 49.8 Å². The molecule has 1 aromatic carbocycles. The van der Waals surface area contributed by atoms with Gasteiger partial charge in [-0.2, -0.15) is 4.31 Å². The highest BCUT2D eigenvalue weighted by Crippen LogP contribution is 2.30. The summed E-state index contributed by atoms with van der Waals surface area (Å²) >= 11 is 6.20. The zero-order valence-corrected chi connectivity index (χ0v) is 25.9. The van der Waals surface area contributed by atoms with Crippen LogP contribution in [0.15, 0.2) is 17.0 Å². The first kappa shape index (κ1) is 33.6. The number of halogens is 3. The fourth-order valence-corrected chi connectivity index (χ4v) is 7.88. The van der Waals surface area contributed by atoms with Crippen molar-refractivity contribution in [2.24, 2.45) is 0 Å². The summed E-state index contributed by atoms with van der Waals surface area (Å²) in [4.78, 5) is 19.9. The topological polar surface area (TPSA) is 73.4 Å². The van der Waals surface area contributed by atoms with E-state index in [2.05, 4.69) is 16.8 Å². The summed E-state index contributed by atoms with van der Waals surface area (Å²) in [6.07, 6.45) is 4.90. The highest BCUT2D eigenvalue weighted by atomic mass is 35.5. The third-order valence-corrected chi connectivity index (χ3v) is 10.5. The molecule has 4 rings (SSSR count). The van der Waals surface area contributed by atoms with Crippen LogP contribution in [0.5, 0.6) is 0 Å². The highest BCUT2D eigenvalue weighted by Gasteiger charge is 2.35. The molecule has 1 amide bonds. The second-order valence-corrected chi connectivity index (χ2v) is 12.9. The lowest BCUT2D eigenvalue weighted by Gasteiger charge is -2.42. The van der Waals surface area contributed by atoms with E-state index < -0.39 is 10.0 Å². The fourth-order valence-electron chi connectivity index (χ4n) is 5.69. The number of piperazine rings is 1. The van der Waals surface area contributed by atoms with Crippen molar-refractivity contribution in [3.63, 3.8) is 0 Å². The molecule has 0 radical (unpaired) electrons. The number of nitrogens with zero attached hydrogens (tertiary/aromatic N) is 4. The molecule has 3 heterocycles. The summed E-state index contributed by atoms with van der Waals surface area (Å²) in [5.41, 5.74) is 1.39. The van der Waals surface area contributed by atoms with Crippen molar-refractivity contribution < 1.29 is 17.9 Å². The van der Waals surface area contributed by atoms with Crippen LogP contribution in [0.1, 0.15) is 43.2 Å². The van der Waals surface area contributed by atoms with E-state index in [4.69, 9.17) is 16.3 Å². The van der Waals surface area contributed by atoms with Crippen LogP contribution in [0, 0.1) is 13.8 Å². The van der Waals surface area contributed by atoms with Gasteiger partial charge < -0.3 is 14.5 Å². The number of sulfonamides is 1. The average Bonchev–Trinajstić information content (AvgIpc) is 2.87. The van der Waals surface area contributed by atoms with Gasteiger partial charge in [0.15, 0.2) is 0 Å². The van der Waals surface area contributed by atoms with Crippen molar-refractivity contribution >= 4 is 52.3 Å². The monoisotopic (exact) mass is 612 g/mol. The molecule has 1 unspecified atom stereocenters. The van der Waals surface area contributed by atoms with E-state index >= 15 is 0 Å². The number of piperidine rings is 2. The molecule has 3 aliphatic heterocycles. The lowest BCUT2D eigenvalue weighted by Crippen LogP contribution is -2.54. The van der Waals surface area contributed by atoms with Crippen LogP contribution < -0.4 is 0 Å². The Labute approximate surface area is 245 Å². The SMILES string of the molecule is Cc1cc(S(=O)(=O)N2CCCCC2COCC(=O)N2CCN(C3CCN(C)CC3)CC2)c(C)cc1Cl.Cl.Cl. The Morgan fingerprint density at radius 2 is 1.61 bits per heavy atom. The van der Waals surface area contributed by atoms with E-state index in [0.29, 0.717) is 28.1 Å². The van der Waals surface area contributed by atoms with Gasteiger partial charge in [-0.25, -0.2) is 8.42 Å². The number of carbonyl (C=O) groups excluding carboxylic acids is 1. The van der Waals surface area contributed by atoms with Crippen molar-refractivity contribution in [3.8, 4) is 0 Å². The minimum atomic E-state index is -3.68. The first-order chi connectivity index (χ1) is 17.2. The maximum Gasteiger partial charge on any atom is 0.248 e. The second-order valence-electron chi connectivity index (χ2n) is 10.6. The van der Waals surface area contributed by atoms with E-state index in [1.165, 1.54) is 12.8 Å². The van der Waals surface area contributed by atoms with Gasteiger partial charge in [0.25, 0.3) is 0 Å². The van der Waals surface area contributed by atoms with Gasteiger partial charge in [-0.05, 0) is 82.9 Å². The molecule has 12 heteroatoms. The molecule has 1 atom stereocenters. The van der Waals surface area contributed by atoms with Crippen LogP contribution in [-0.2, 0) is 19.6 Å². The quantitative estimate of drug-likeness (QED) is 0.468. The molecule has 0 aromatic heterocycles. The molecule has 0 spiro atoms. The summed E-state index contributed by atoms with van der Waals surface area (Å²) in [6.45, 7) is 9.85. The molecule has 0 aliphatic carbocycles. The normalized spacial score (nSPS) is 22.5. The number of amides is 1. The van der Waals surface area contributed by atoms with E-state index in [-0.39, 0.29) is 50.0 Å². The summed E-state index contributed by atoms with van der Waals surface area (Å²) in [5, 5.41) is 0.565. The molecule has 218 valence electrons. The first-order valence-corrected chi connectivity index (χ1v) is 15.1. The molecule has 1 aromatic rings. The minimum Gasteiger partial charge on any atom is -0.370 e. The number of hydrogen-bond donors (Lipinski definition) is 0. The molecular weight excluding hydrogens is 571 g/mol. The number of rotatable bonds is 7. The van der Waals surface area contributed by atoms with Crippen LogP contribution in [0.25, 0.3) is 0 Å². The molecule has 3 saturated heterocycles. The van der Waals surface area contributed by atoms with Crippen LogP contribution in [-0.4, -0.2) is 111 Å². The Bertz CT molecular complexity index is 1030. The largest absolute Gasteiger partial charge is 0.370 e. The molecule has 3 fully saturated rings. The minimum absolute atomic E-state index is 0. The number of hydrogen-bond acceptors (Lipinski definition) is 6. The van der Waals surface area contributed by atoms with Gasteiger partial charge in [0.1, 0.15) is 6.61 Å². The molecule has 0 bridgehead atoms. The van der Waals surface area contributed by atoms with Crippen molar-refractivity contribution in [3.05, 3.63) is 28.3 Å². The predicted molar refractivity (Wildman–Crippen MR) is 156 cm³/mol. The average molecular weight is 614 g/mol. The third kappa shape index (κ3) is 7.97. The van der Waals surface area contributed by atoms with E-state index in [1.54, 1.807) is 23.4 Å². The van der Waals surface area contributed by atoms with Crippen molar-refractivity contribution in [1.82, 2.24) is 19.0 Å². The molecule has 38 heavy (non-hydrogen) atoms. The third-order valence-electron chi connectivity index (χ3n) is 8.02. The summed E-state index contributed by atoms with van der Waals surface area (Å²) < 4.78 is 34.5. The summed E-state index contributed by atoms with van der Waals surface area (Å²) in [7, 11) is -1.51. The van der Waals surface area contributed by atoms with Gasteiger partial charge in [-0.3, -0.25) is 9.69 Å². The molecular formula is C26H43Cl3N4O4S. The van der Waals surface area contributed by atoms with Crippen molar-refractivity contribution in [2.75, 3.05) is 66.1 Å². The Balaban J connectivity index is 0.00000253. The second kappa shape index (κ2) is 14.8. The van der Waals surface area contributed by atoms with Gasteiger partial charge in [0.05, 0.1) is 11.5 Å². The number of benzene rings is 1. The van der Waals surface area contributed by atoms with Crippen molar-refractivity contribution in [1.29, 1.82) is 0 Å². The fraction of sp³-hybridized carbons (Fsp3) is 0.731. The molecule has 3 aliphatic rings. The maximum absolute atomic E-state index is 13.6. The number of likely N-dealkylation sites (tertiary alicyclic amines) is 1. The van der Waals surface area contributed by atoms with Crippen LogP contribution in [0.2, 0.25) is 5.02 Å². The van der Waals surface area contributed by atoms with Gasteiger partial charge in [-0.1, -0.05) is 18.0 Å². The predicted octanol–water partition coefficient (Wildman–Crippen LogP) is 3.60. The van der Waals surface area contributed by atoms with Gasteiger partial charge in [0.2, 0.25) is 15.9 Å². The zero-order chi connectivity index (χ0) is 25.9. The Kier molecular flexibility index (Phi) is 13.1. The maximum atomic E-state index is 13.6. The van der Waals surface area contributed by atoms with E-state index in [0.717, 1.165) is 64.1 Å². The first-order valence-electron chi connectivity index (χ1n) is 13.2. The molecule has 0 saturated carbocycles. The summed E-state index contributed by atoms with van der Waals surface area (Å²) in [5.74, 6) is -0.00702. The van der Waals surface area contributed by atoms with Gasteiger partial charge in [-0.15, -0.1) is 24.8 Å². The van der Waals surface area contributed by atoms with E-state index in [1.807, 2.05) is 11.8 Å². The Morgan fingerprint density at radius 1 is 0.947 bits per heavy atom. The van der Waals surface area contributed by atoms with Crippen LogP contribution >= 0.6 is 36.4 Å². The lowest BCUT2D eigenvalue weighted by atomic mass is 10.0. The van der Waals surface area contributed by atoms with Gasteiger partial charge >= 0.3 is 0 Å². The standard InChI is InChI=1S/C26H41ClN4O4S.2ClH/c1-20-17-25(21(2)16-24(20)27)36(33,34)31-9-5-4-6-23(31)18-35-19-26(32)30-14-12-29(13-15-30)22-7-10-28(3)11-8-22;;/h16-17,22-23H,4-15,18-19H2,1-3H3;2*1H. The number of ether oxygens (including phenoxy) is 1. The van der Waals surface area contributed by atoms with Crippen molar-refractivity contribution in [2.45, 2.75) is 62.9 Å². The summed E-state index contributed by atoms with van der Waals surface area (Å²) in [6, 6.07) is 3.73. The molecule has 0 N–H and O–H groups in total. The zero-order valence-electron chi connectivity index (χ0n) is 22.7. The van der Waals surface area contributed by atoms with Crippen LogP contribution in [0.3, 0.4) is 0 Å². The number of carbonyl (C=O) groups is 1. The molecule has 8 nitrogen and oxygen atoms in total. The Hall–Kier alpha value is -0.650. The van der Waals surface area contributed by atoms with E-state index in [9.17, 15) is 13.2 Å². The highest BCUT2D eigenvalue weighted by molar-refractivity contribution is 7.89. The lowest BCUT2D eigenvalue weighted by molar-refractivity contribution is -0.138. The Morgan fingerprint density at radius 3 is 2.26 bits per heavy atom. The smallest absolute Gasteiger partial charge is 0.248 e.